The van der Waals surface area contributed by atoms with Gasteiger partial charge in [0.2, 0.25) is 0 Å². The van der Waals surface area contributed by atoms with E-state index >= 15 is 0 Å². The molecule has 0 saturated carbocycles. The summed E-state index contributed by atoms with van der Waals surface area (Å²) in [5.74, 6) is 2.60. The van der Waals surface area contributed by atoms with Gasteiger partial charge in [0.25, 0.3) is 0 Å². The molecule has 0 saturated heterocycles. The summed E-state index contributed by atoms with van der Waals surface area (Å²) in [4.78, 5) is 4.74. The summed E-state index contributed by atoms with van der Waals surface area (Å²) in [6.07, 6.45) is 1.93. The Balaban J connectivity index is 1.82. The van der Waals surface area contributed by atoms with Gasteiger partial charge in [-0.2, -0.15) is 5.10 Å². The summed E-state index contributed by atoms with van der Waals surface area (Å²) >= 11 is 0. The van der Waals surface area contributed by atoms with Crippen molar-refractivity contribution in [3.63, 3.8) is 0 Å². The molecule has 1 N–H and O–H groups in total. The molecule has 0 aliphatic carbocycles. The number of rotatable bonds is 3. The van der Waals surface area contributed by atoms with Crippen LogP contribution < -0.4 is 5.32 Å². The first-order chi connectivity index (χ1) is 9.63. The molecular weight excluding hydrogens is 248 g/mol. The van der Waals surface area contributed by atoms with Crippen LogP contribution in [0.5, 0.6) is 0 Å². The first-order valence-corrected chi connectivity index (χ1v) is 7.33. The second kappa shape index (κ2) is 5.37. The molecule has 1 aliphatic rings. The topological polar surface area (TPSA) is 42.7 Å². The van der Waals surface area contributed by atoms with Crippen LogP contribution in [-0.2, 0) is 26.4 Å². The molecule has 1 atom stereocenters. The van der Waals surface area contributed by atoms with Crippen molar-refractivity contribution in [1.29, 1.82) is 0 Å². The molecular formula is C16H22N4. The summed E-state index contributed by atoms with van der Waals surface area (Å²) in [7, 11) is 1.99. The predicted octanol–water partition coefficient (Wildman–Crippen LogP) is 2.40. The molecule has 20 heavy (non-hydrogen) atoms. The number of aromatic nitrogens is 3. The van der Waals surface area contributed by atoms with Crippen molar-refractivity contribution in [3.8, 4) is 0 Å². The smallest absolute Gasteiger partial charge is 0.151 e. The molecule has 1 aliphatic heterocycles. The fraction of sp³-hybridized carbons (Fsp3) is 0.500. The molecule has 1 aromatic heterocycles. The number of benzene rings is 1. The molecule has 0 radical (unpaired) electrons. The van der Waals surface area contributed by atoms with Crippen molar-refractivity contribution >= 4 is 0 Å². The number of nitrogens with zero attached hydrogens (tertiary/aromatic N) is 3. The molecule has 0 spiro atoms. The summed E-state index contributed by atoms with van der Waals surface area (Å²) in [6, 6.07) is 8.89. The Morgan fingerprint density at radius 1 is 1.30 bits per heavy atom. The van der Waals surface area contributed by atoms with Gasteiger partial charge in [0, 0.05) is 20.0 Å². The van der Waals surface area contributed by atoms with E-state index in [2.05, 4.69) is 48.5 Å². The molecule has 1 unspecified atom stereocenters. The first-order valence-electron chi connectivity index (χ1n) is 7.33. The summed E-state index contributed by atoms with van der Waals surface area (Å²) in [6.45, 7) is 5.31. The summed E-state index contributed by atoms with van der Waals surface area (Å²) in [5.41, 5.74) is 2.82. The zero-order valence-corrected chi connectivity index (χ0v) is 12.4. The van der Waals surface area contributed by atoms with E-state index in [-0.39, 0.29) is 6.04 Å². The van der Waals surface area contributed by atoms with Crippen LogP contribution in [0.3, 0.4) is 0 Å². The van der Waals surface area contributed by atoms with E-state index in [4.69, 9.17) is 4.98 Å². The van der Waals surface area contributed by atoms with Gasteiger partial charge in [-0.1, -0.05) is 38.1 Å². The molecule has 0 bridgehead atoms. The Morgan fingerprint density at radius 3 is 2.80 bits per heavy atom. The third-order valence-electron chi connectivity index (χ3n) is 3.82. The normalized spacial score (nSPS) is 18.3. The maximum Gasteiger partial charge on any atom is 0.151 e. The highest BCUT2D eigenvalue weighted by molar-refractivity contribution is 5.30. The van der Waals surface area contributed by atoms with E-state index in [1.807, 2.05) is 11.7 Å². The monoisotopic (exact) mass is 270 g/mol. The average molecular weight is 270 g/mol. The number of nitrogens with one attached hydrogen (secondary N) is 1. The second-order valence-electron chi connectivity index (χ2n) is 6.01. The lowest BCUT2D eigenvalue weighted by atomic mass is 9.95. The number of hydrogen-bond acceptors (Lipinski definition) is 3. The van der Waals surface area contributed by atoms with Gasteiger partial charge in [-0.05, 0) is 23.5 Å². The molecule has 2 aromatic rings. The average Bonchev–Trinajstić information content (AvgIpc) is 2.78. The van der Waals surface area contributed by atoms with Gasteiger partial charge >= 0.3 is 0 Å². The van der Waals surface area contributed by atoms with Crippen LogP contribution in [0.4, 0.5) is 0 Å². The molecule has 4 heteroatoms. The molecule has 2 heterocycles. The lowest BCUT2D eigenvalue weighted by Crippen LogP contribution is -2.30. The molecule has 3 rings (SSSR count). The minimum atomic E-state index is 0.267. The maximum absolute atomic E-state index is 4.74. The van der Waals surface area contributed by atoms with Gasteiger partial charge < -0.3 is 5.32 Å². The van der Waals surface area contributed by atoms with E-state index in [9.17, 15) is 0 Å². The highest BCUT2D eigenvalue weighted by Gasteiger charge is 2.23. The van der Waals surface area contributed by atoms with Crippen LogP contribution in [0, 0.1) is 5.92 Å². The second-order valence-corrected chi connectivity index (χ2v) is 6.01. The zero-order chi connectivity index (χ0) is 14.1. The number of hydrogen-bond donors (Lipinski definition) is 1. The van der Waals surface area contributed by atoms with E-state index in [0.717, 1.165) is 31.0 Å². The lowest BCUT2D eigenvalue weighted by molar-refractivity contribution is 0.457. The fourth-order valence-corrected chi connectivity index (χ4v) is 2.84. The standard InChI is InChI=1S/C16H22N4/c1-11(2)8-15-18-16(20(3)19-15)14-9-12-6-4-5-7-13(12)10-17-14/h4-7,11,14,17H,8-10H2,1-3H3. The molecule has 4 nitrogen and oxygen atoms in total. The molecule has 0 amide bonds. The zero-order valence-electron chi connectivity index (χ0n) is 12.4. The van der Waals surface area contributed by atoms with Crippen molar-refractivity contribution < 1.29 is 0 Å². The van der Waals surface area contributed by atoms with Crippen molar-refractivity contribution in [3.05, 3.63) is 47.0 Å². The van der Waals surface area contributed by atoms with Gasteiger partial charge in [-0.3, -0.25) is 4.68 Å². The van der Waals surface area contributed by atoms with E-state index in [1.54, 1.807) is 0 Å². The summed E-state index contributed by atoms with van der Waals surface area (Å²) < 4.78 is 1.93. The van der Waals surface area contributed by atoms with Crippen LogP contribution >= 0.6 is 0 Å². The SMILES string of the molecule is CC(C)Cc1nc(C2Cc3ccccc3CN2)n(C)n1. The first kappa shape index (κ1) is 13.3. The van der Waals surface area contributed by atoms with Crippen LogP contribution in [0.1, 0.15) is 42.7 Å². The quantitative estimate of drug-likeness (QED) is 0.931. The number of aryl methyl sites for hydroxylation is 1. The fourth-order valence-electron chi connectivity index (χ4n) is 2.84. The van der Waals surface area contributed by atoms with Gasteiger partial charge in [0.15, 0.2) is 5.82 Å². The van der Waals surface area contributed by atoms with Crippen molar-refractivity contribution in [2.45, 2.75) is 39.3 Å². The number of fused-ring (bicyclic) bond motifs is 1. The van der Waals surface area contributed by atoms with Gasteiger partial charge in [-0.25, -0.2) is 4.98 Å². The molecule has 0 fully saturated rings. The maximum atomic E-state index is 4.74. The third kappa shape index (κ3) is 2.61. The van der Waals surface area contributed by atoms with Gasteiger partial charge in [-0.15, -0.1) is 0 Å². The van der Waals surface area contributed by atoms with E-state index < -0.39 is 0 Å². The Kier molecular flexibility index (Phi) is 3.57. The Morgan fingerprint density at radius 2 is 2.05 bits per heavy atom. The van der Waals surface area contributed by atoms with Crippen molar-refractivity contribution in [1.82, 2.24) is 20.1 Å². The third-order valence-corrected chi connectivity index (χ3v) is 3.82. The van der Waals surface area contributed by atoms with Crippen LogP contribution in [0.2, 0.25) is 0 Å². The lowest BCUT2D eigenvalue weighted by Gasteiger charge is -2.25. The van der Waals surface area contributed by atoms with Crippen molar-refractivity contribution in [2.75, 3.05) is 0 Å². The summed E-state index contributed by atoms with van der Waals surface area (Å²) in [5, 5.41) is 8.12. The van der Waals surface area contributed by atoms with Crippen LogP contribution in [0.25, 0.3) is 0 Å². The van der Waals surface area contributed by atoms with Crippen molar-refractivity contribution in [2.24, 2.45) is 13.0 Å². The molecule has 1 aromatic carbocycles. The minimum Gasteiger partial charge on any atom is -0.303 e. The van der Waals surface area contributed by atoms with Gasteiger partial charge in [0.05, 0.1) is 6.04 Å². The predicted molar refractivity (Wildman–Crippen MR) is 79.3 cm³/mol. The van der Waals surface area contributed by atoms with E-state index in [1.165, 1.54) is 11.1 Å². The highest BCUT2D eigenvalue weighted by atomic mass is 15.3. The highest BCUT2D eigenvalue weighted by Crippen LogP contribution is 2.24. The molecule has 106 valence electrons. The Bertz CT molecular complexity index is 600. The Hall–Kier alpha value is -1.68. The van der Waals surface area contributed by atoms with Gasteiger partial charge in [0.1, 0.15) is 5.82 Å². The Labute approximate surface area is 120 Å². The van der Waals surface area contributed by atoms with E-state index in [0.29, 0.717) is 5.92 Å². The minimum absolute atomic E-state index is 0.267. The van der Waals surface area contributed by atoms with Crippen LogP contribution in [0.15, 0.2) is 24.3 Å². The van der Waals surface area contributed by atoms with Crippen LogP contribution in [-0.4, -0.2) is 14.8 Å². The largest absolute Gasteiger partial charge is 0.303 e.